The summed E-state index contributed by atoms with van der Waals surface area (Å²) in [6.07, 6.45) is 4.22. The molecule has 0 aliphatic rings. The highest BCUT2D eigenvalue weighted by molar-refractivity contribution is 7.18. The Bertz CT molecular complexity index is 928. The summed E-state index contributed by atoms with van der Waals surface area (Å²) in [5.41, 5.74) is 1.76. The highest BCUT2D eigenvalue weighted by atomic mass is 32.1. The summed E-state index contributed by atoms with van der Waals surface area (Å²) in [7, 11) is 1.56. The molecule has 2 heterocycles. The van der Waals surface area contributed by atoms with E-state index >= 15 is 0 Å². The van der Waals surface area contributed by atoms with E-state index in [1.54, 1.807) is 19.4 Å². The quantitative estimate of drug-likeness (QED) is 0.601. The third-order valence-electron chi connectivity index (χ3n) is 3.52. The molecule has 1 N–H and O–H groups in total. The Labute approximate surface area is 160 Å². The van der Waals surface area contributed by atoms with Crippen LogP contribution in [0.3, 0.4) is 0 Å². The van der Waals surface area contributed by atoms with Crippen molar-refractivity contribution in [3.8, 4) is 22.2 Å². The van der Waals surface area contributed by atoms with E-state index < -0.39 is 0 Å². The van der Waals surface area contributed by atoms with Crippen molar-refractivity contribution in [2.45, 2.75) is 6.42 Å². The molecule has 0 atom stereocenters. The highest BCUT2D eigenvalue weighted by Crippen LogP contribution is 2.28. The summed E-state index contributed by atoms with van der Waals surface area (Å²) in [5.74, 6) is 0.721. The second kappa shape index (κ2) is 8.91. The normalized spacial score (nSPS) is 10.3. The molecule has 3 rings (SSSR count). The van der Waals surface area contributed by atoms with E-state index in [1.165, 1.54) is 11.3 Å². The number of nitrogens with zero attached hydrogens (tertiary/aromatic N) is 3. The number of rotatable bonds is 8. The van der Waals surface area contributed by atoms with Crippen molar-refractivity contribution in [2.75, 3.05) is 19.0 Å². The maximum Gasteiger partial charge on any atom is 0.264 e. The standard InChI is InChI=1S/C19H18N4O3S/c1-3-6-13-8-9-15(16(11-13)25-2)26-12-17(24)21-19-23-22-18(27-19)14-7-4-5-10-20-14/h3-5,7-11H,1,6,12H2,2H3,(H,21,23,24). The maximum absolute atomic E-state index is 12.1. The van der Waals surface area contributed by atoms with Crippen LogP contribution in [0.5, 0.6) is 11.5 Å². The predicted molar refractivity (Wildman–Crippen MR) is 104 cm³/mol. The Kier molecular flexibility index (Phi) is 6.11. The molecule has 0 spiro atoms. The Balaban J connectivity index is 1.59. The van der Waals surface area contributed by atoms with Gasteiger partial charge in [0, 0.05) is 6.20 Å². The average molecular weight is 382 g/mol. The van der Waals surface area contributed by atoms with E-state index in [2.05, 4.69) is 27.1 Å². The van der Waals surface area contributed by atoms with Crippen LogP contribution >= 0.6 is 11.3 Å². The molecule has 27 heavy (non-hydrogen) atoms. The molecule has 1 aromatic carbocycles. The molecule has 1 amide bonds. The van der Waals surface area contributed by atoms with E-state index in [0.29, 0.717) is 27.3 Å². The lowest BCUT2D eigenvalue weighted by Crippen LogP contribution is -2.20. The Morgan fingerprint density at radius 3 is 2.89 bits per heavy atom. The first-order valence-electron chi connectivity index (χ1n) is 8.15. The molecule has 0 aliphatic heterocycles. The van der Waals surface area contributed by atoms with Crippen molar-refractivity contribution in [3.05, 3.63) is 60.8 Å². The first kappa shape index (κ1) is 18.5. The average Bonchev–Trinajstić information content (AvgIpc) is 3.16. The number of carbonyl (C=O) groups is 1. The Morgan fingerprint density at radius 2 is 2.15 bits per heavy atom. The van der Waals surface area contributed by atoms with Crippen LogP contribution in [-0.4, -0.2) is 34.8 Å². The number of ether oxygens (including phenoxy) is 2. The van der Waals surface area contributed by atoms with Crippen LogP contribution in [0.1, 0.15) is 5.56 Å². The largest absolute Gasteiger partial charge is 0.493 e. The number of allylic oxidation sites excluding steroid dienone is 1. The molecule has 0 saturated carbocycles. The number of nitrogens with one attached hydrogen (secondary N) is 1. The number of aromatic nitrogens is 3. The lowest BCUT2D eigenvalue weighted by atomic mass is 10.1. The topological polar surface area (TPSA) is 86.2 Å². The van der Waals surface area contributed by atoms with Gasteiger partial charge in [0.05, 0.1) is 7.11 Å². The van der Waals surface area contributed by atoms with Gasteiger partial charge in [0.2, 0.25) is 5.13 Å². The number of anilines is 1. The molecular formula is C19H18N4O3S. The van der Waals surface area contributed by atoms with Crippen molar-refractivity contribution >= 4 is 22.4 Å². The number of benzene rings is 1. The van der Waals surface area contributed by atoms with Gasteiger partial charge in [0.15, 0.2) is 23.1 Å². The second-order valence-corrected chi connectivity index (χ2v) is 6.42. The van der Waals surface area contributed by atoms with Gasteiger partial charge in [0.1, 0.15) is 5.69 Å². The fourth-order valence-electron chi connectivity index (χ4n) is 2.29. The summed E-state index contributed by atoms with van der Waals surface area (Å²) in [6.45, 7) is 3.54. The van der Waals surface area contributed by atoms with Crippen LogP contribution < -0.4 is 14.8 Å². The van der Waals surface area contributed by atoms with Crippen molar-refractivity contribution < 1.29 is 14.3 Å². The highest BCUT2D eigenvalue weighted by Gasteiger charge is 2.12. The SMILES string of the molecule is C=CCc1ccc(OCC(=O)Nc2nnc(-c3ccccn3)s2)c(OC)c1. The second-order valence-electron chi connectivity index (χ2n) is 5.44. The lowest BCUT2D eigenvalue weighted by molar-refractivity contribution is -0.118. The van der Waals surface area contributed by atoms with Gasteiger partial charge in [-0.15, -0.1) is 16.8 Å². The minimum Gasteiger partial charge on any atom is -0.493 e. The molecule has 7 nitrogen and oxygen atoms in total. The van der Waals surface area contributed by atoms with E-state index in [-0.39, 0.29) is 12.5 Å². The summed E-state index contributed by atoms with van der Waals surface area (Å²) >= 11 is 1.24. The van der Waals surface area contributed by atoms with E-state index in [9.17, 15) is 4.79 Å². The number of hydrogen-bond acceptors (Lipinski definition) is 7. The molecule has 0 bridgehead atoms. The van der Waals surface area contributed by atoms with Gasteiger partial charge in [-0.25, -0.2) is 0 Å². The van der Waals surface area contributed by atoms with Gasteiger partial charge in [-0.2, -0.15) is 0 Å². The molecule has 0 unspecified atom stereocenters. The third-order valence-corrected chi connectivity index (χ3v) is 4.38. The van der Waals surface area contributed by atoms with Crippen molar-refractivity contribution in [2.24, 2.45) is 0 Å². The van der Waals surface area contributed by atoms with Gasteiger partial charge in [0.25, 0.3) is 5.91 Å². The minimum absolute atomic E-state index is 0.171. The number of methoxy groups -OCH3 is 1. The third kappa shape index (κ3) is 4.89. The molecule has 0 radical (unpaired) electrons. The zero-order valence-electron chi connectivity index (χ0n) is 14.7. The maximum atomic E-state index is 12.1. The molecule has 0 fully saturated rings. The zero-order chi connectivity index (χ0) is 19.1. The molecule has 0 saturated heterocycles. The predicted octanol–water partition coefficient (Wildman–Crippen LogP) is 3.35. The van der Waals surface area contributed by atoms with Crippen LogP contribution in [0.2, 0.25) is 0 Å². The van der Waals surface area contributed by atoms with E-state index in [4.69, 9.17) is 9.47 Å². The summed E-state index contributed by atoms with van der Waals surface area (Å²) in [6, 6.07) is 11.1. The van der Waals surface area contributed by atoms with Crippen LogP contribution in [0.15, 0.2) is 55.3 Å². The van der Waals surface area contributed by atoms with Crippen LogP contribution in [-0.2, 0) is 11.2 Å². The smallest absolute Gasteiger partial charge is 0.264 e. The first-order chi connectivity index (χ1) is 13.2. The molecule has 0 aliphatic carbocycles. The van der Waals surface area contributed by atoms with Gasteiger partial charge < -0.3 is 9.47 Å². The Hall–Kier alpha value is -3.26. The summed E-state index contributed by atoms with van der Waals surface area (Å²) < 4.78 is 10.9. The molecule has 138 valence electrons. The summed E-state index contributed by atoms with van der Waals surface area (Å²) in [4.78, 5) is 16.3. The lowest BCUT2D eigenvalue weighted by Gasteiger charge is -2.11. The molecule has 3 aromatic rings. The summed E-state index contributed by atoms with van der Waals surface area (Å²) in [5, 5.41) is 11.7. The number of pyridine rings is 1. The van der Waals surface area contributed by atoms with Crippen LogP contribution in [0, 0.1) is 0 Å². The first-order valence-corrected chi connectivity index (χ1v) is 8.96. The fourth-order valence-corrected chi connectivity index (χ4v) is 3.03. The van der Waals surface area contributed by atoms with Gasteiger partial charge >= 0.3 is 0 Å². The van der Waals surface area contributed by atoms with Gasteiger partial charge in [-0.05, 0) is 36.2 Å². The van der Waals surface area contributed by atoms with Gasteiger partial charge in [-0.3, -0.25) is 15.1 Å². The zero-order valence-corrected chi connectivity index (χ0v) is 15.5. The van der Waals surface area contributed by atoms with Gasteiger partial charge in [-0.1, -0.05) is 29.5 Å². The van der Waals surface area contributed by atoms with Crippen molar-refractivity contribution in [1.82, 2.24) is 15.2 Å². The fraction of sp³-hybridized carbons (Fsp3) is 0.158. The molecule has 8 heteroatoms. The Morgan fingerprint density at radius 1 is 1.26 bits per heavy atom. The number of carbonyl (C=O) groups excluding carboxylic acids is 1. The molecule has 2 aromatic heterocycles. The minimum atomic E-state index is -0.337. The number of amides is 1. The number of hydrogen-bond donors (Lipinski definition) is 1. The van der Waals surface area contributed by atoms with Crippen LogP contribution in [0.25, 0.3) is 10.7 Å². The molecular weight excluding hydrogens is 364 g/mol. The monoisotopic (exact) mass is 382 g/mol. The van der Waals surface area contributed by atoms with Crippen LogP contribution in [0.4, 0.5) is 5.13 Å². The van der Waals surface area contributed by atoms with Crippen molar-refractivity contribution in [1.29, 1.82) is 0 Å². The van der Waals surface area contributed by atoms with E-state index in [0.717, 1.165) is 12.0 Å². The van der Waals surface area contributed by atoms with Crippen molar-refractivity contribution in [3.63, 3.8) is 0 Å². The van der Waals surface area contributed by atoms with E-state index in [1.807, 2.05) is 36.4 Å².